The van der Waals surface area contributed by atoms with Crippen LogP contribution >= 0.6 is 0 Å². The molecular formula is C20H31N5O2. The lowest BCUT2D eigenvalue weighted by atomic mass is 10.1. The van der Waals surface area contributed by atoms with Crippen LogP contribution in [0.4, 0.5) is 0 Å². The van der Waals surface area contributed by atoms with Gasteiger partial charge in [0.05, 0.1) is 18.8 Å². The summed E-state index contributed by atoms with van der Waals surface area (Å²) >= 11 is 0. The summed E-state index contributed by atoms with van der Waals surface area (Å²) in [4.78, 5) is 11.2. The second kappa shape index (κ2) is 9.97. The third kappa shape index (κ3) is 5.99. The number of rotatable bonds is 8. The number of methoxy groups -OCH3 is 1. The van der Waals surface area contributed by atoms with E-state index in [1.807, 2.05) is 32.9 Å². The summed E-state index contributed by atoms with van der Waals surface area (Å²) < 4.78 is 10.9. The van der Waals surface area contributed by atoms with Crippen LogP contribution in [0.3, 0.4) is 0 Å². The maximum Gasteiger partial charge on any atom is 0.216 e. The molecule has 1 unspecified atom stereocenters. The van der Waals surface area contributed by atoms with Gasteiger partial charge >= 0.3 is 0 Å². The third-order valence-electron chi connectivity index (χ3n) is 4.38. The highest BCUT2D eigenvalue weighted by molar-refractivity contribution is 5.79. The summed E-state index contributed by atoms with van der Waals surface area (Å²) in [5.41, 5.74) is 2.12. The molecule has 2 N–H and O–H groups in total. The largest absolute Gasteiger partial charge is 0.497 e. The van der Waals surface area contributed by atoms with E-state index in [0.717, 1.165) is 36.3 Å². The molecule has 1 aromatic heterocycles. The molecule has 2 aromatic rings. The van der Waals surface area contributed by atoms with Crippen molar-refractivity contribution in [2.45, 2.75) is 33.4 Å². The molecule has 2 rings (SSSR count). The zero-order valence-corrected chi connectivity index (χ0v) is 17.2. The van der Waals surface area contributed by atoms with Gasteiger partial charge in [-0.25, -0.2) is 9.98 Å². The van der Waals surface area contributed by atoms with Crippen LogP contribution < -0.4 is 15.4 Å². The first-order valence-electron chi connectivity index (χ1n) is 9.20. The molecule has 0 bridgehead atoms. The van der Waals surface area contributed by atoms with Crippen molar-refractivity contribution in [2.24, 2.45) is 4.99 Å². The Kier molecular flexibility index (Phi) is 7.67. The van der Waals surface area contributed by atoms with Crippen LogP contribution in [0.1, 0.15) is 35.9 Å². The number of oxazole rings is 1. The minimum absolute atomic E-state index is 0.200. The minimum Gasteiger partial charge on any atom is -0.497 e. The van der Waals surface area contributed by atoms with Gasteiger partial charge in [-0.3, -0.25) is 0 Å². The van der Waals surface area contributed by atoms with Gasteiger partial charge < -0.3 is 24.7 Å². The number of aromatic nitrogens is 1. The molecule has 0 fully saturated rings. The molecule has 148 valence electrons. The summed E-state index contributed by atoms with van der Waals surface area (Å²) in [6.45, 7) is 7.80. The van der Waals surface area contributed by atoms with E-state index in [0.29, 0.717) is 12.4 Å². The van der Waals surface area contributed by atoms with Crippen molar-refractivity contribution >= 4 is 5.96 Å². The minimum atomic E-state index is 0.200. The highest BCUT2D eigenvalue weighted by Crippen LogP contribution is 2.20. The van der Waals surface area contributed by atoms with E-state index >= 15 is 0 Å². The second-order valence-corrected chi connectivity index (χ2v) is 6.58. The second-order valence-electron chi connectivity index (χ2n) is 6.58. The molecule has 27 heavy (non-hydrogen) atoms. The maximum atomic E-state index is 5.60. The molecule has 7 nitrogen and oxygen atoms in total. The molecule has 7 heteroatoms. The lowest BCUT2D eigenvalue weighted by Crippen LogP contribution is -2.41. The fourth-order valence-electron chi connectivity index (χ4n) is 2.71. The van der Waals surface area contributed by atoms with Crippen LogP contribution in [0.2, 0.25) is 0 Å². The first-order chi connectivity index (χ1) is 12.9. The van der Waals surface area contributed by atoms with Gasteiger partial charge in [0, 0.05) is 13.1 Å². The number of benzene rings is 1. The molecule has 0 spiro atoms. The maximum absolute atomic E-state index is 5.60. The number of ether oxygens (including phenoxy) is 1. The smallest absolute Gasteiger partial charge is 0.216 e. The molecular weight excluding hydrogens is 342 g/mol. The third-order valence-corrected chi connectivity index (χ3v) is 4.38. The summed E-state index contributed by atoms with van der Waals surface area (Å²) in [5, 5.41) is 6.69. The quantitative estimate of drug-likeness (QED) is 0.547. The Labute approximate surface area is 161 Å². The number of nitrogens with one attached hydrogen (secondary N) is 2. The standard InChI is InChI=1S/C20H31N5O2/c1-7-21-20(23-13-19-24-14(2)15(3)27-19)22-12-18(25(4)5)16-8-10-17(26-6)11-9-16/h8-11,18H,7,12-13H2,1-6H3,(H2,21,22,23). The number of nitrogens with zero attached hydrogens (tertiary/aromatic N) is 3. The Morgan fingerprint density at radius 2 is 1.93 bits per heavy atom. The number of hydrogen-bond donors (Lipinski definition) is 2. The molecule has 0 saturated carbocycles. The van der Waals surface area contributed by atoms with E-state index in [2.05, 4.69) is 51.7 Å². The monoisotopic (exact) mass is 373 g/mol. The van der Waals surface area contributed by atoms with Crippen molar-refractivity contribution in [3.05, 3.63) is 47.2 Å². The van der Waals surface area contributed by atoms with Crippen LogP contribution in [0, 0.1) is 13.8 Å². The Morgan fingerprint density at radius 3 is 2.44 bits per heavy atom. The van der Waals surface area contributed by atoms with Gasteiger partial charge in [0.25, 0.3) is 0 Å². The van der Waals surface area contributed by atoms with E-state index in [9.17, 15) is 0 Å². The summed E-state index contributed by atoms with van der Waals surface area (Å²) in [7, 11) is 5.81. The number of hydrogen-bond acceptors (Lipinski definition) is 5. The Hall–Kier alpha value is -2.54. The van der Waals surface area contributed by atoms with Crippen LogP contribution in [0.25, 0.3) is 0 Å². The number of aryl methyl sites for hydroxylation is 2. The predicted molar refractivity (Wildman–Crippen MR) is 108 cm³/mol. The van der Waals surface area contributed by atoms with Crippen molar-refractivity contribution in [1.82, 2.24) is 20.5 Å². The highest BCUT2D eigenvalue weighted by Gasteiger charge is 2.15. The molecule has 0 aliphatic carbocycles. The van der Waals surface area contributed by atoms with Gasteiger partial charge in [-0.05, 0) is 52.6 Å². The van der Waals surface area contributed by atoms with Gasteiger partial charge in [0.1, 0.15) is 18.1 Å². The van der Waals surface area contributed by atoms with E-state index in [1.165, 1.54) is 5.56 Å². The van der Waals surface area contributed by atoms with Gasteiger partial charge in [0.2, 0.25) is 5.89 Å². The Morgan fingerprint density at radius 1 is 1.22 bits per heavy atom. The van der Waals surface area contributed by atoms with E-state index < -0.39 is 0 Å². The van der Waals surface area contributed by atoms with Crippen molar-refractivity contribution in [3.63, 3.8) is 0 Å². The lowest BCUT2D eigenvalue weighted by Gasteiger charge is -2.26. The zero-order valence-electron chi connectivity index (χ0n) is 17.2. The molecule has 1 aromatic carbocycles. The fraction of sp³-hybridized carbons (Fsp3) is 0.500. The number of likely N-dealkylation sites (N-methyl/N-ethyl adjacent to an activating group) is 1. The lowest BCUT2D eigenvalue weighted by molar-refractivity contribution is 0.298. The molecule has 1 atom stereocenters. The molecule has 0 saturated heterocycles. The first kappa shape index (κ1) is 20.8. The SMILES string of the molecule is CCNC(=NCc1nc(C)c(C)o1)NCC(c1ccc(OC)cc1)N(C)C. The molecule has 0 amide bonds. The zero-order chi connectivity index (χ0) is 19.8. The van der Waals surface area contributed by atoms with Crippen LogP contribution in [0.5, 0.6) is 5.75 Å². The molecule has 0 radical (unpaired) electrons. The number of aliphatic imine (C=N–C) groups is 1. The number of guanidine groups is 1. The van der Waals surface area contributed by atoms with Gasteiger partial charge in [-0.15, -0.1) is 0 Å². The first-order valence-corrected chi connectivity index (χ1v) is 9.20. The summed E-state index contributed by atoms with van der Waals surface area (Å²) in [6.07, 6.45) is 0. The van der Waals surface area contributed by atoms with Gasteiger partial charge in [-0.2, -0.15) is 0 Å². The predicted octanol–water partition coefficient (Wildman–Crippen LogP) is 2.66. The normalized spacial score (nSPS) is 12.9. The van der Waals surface area contributed by atoms with Gasteiger partial charge in [0.15, 0.2) is 5.96 Å². The highest BCUT2D eigenvalue weighted by atomic mass is 16.5. The fourth-order valence-corrected chi connectivity index (χ4v) is 2.71. The van der Waals surface area contributed by atoms with Crippen LogP contribution in [0.15, 0.2) is 33.7 Å². The van der Waals surface area contributed by atoms with Crippen LogP contribution in [-0.4, -0.2) is 50.1 Å². The Bertz CT molecular complexity index is 718. The van der Waals surface area contributed by atoms with Crippen molar-refractivity contribution in [1.29, 1.82) is 0 Å². The average Bonchev–Trinajstić information content (AvgIpc) is 2.97. The summed E-state index contributed by atoms with van der Waals surface area (Å²) in [6, 6.07) is 8.35. The molecule has 1 heterocycles. The summed E-state index contributed by atoms with van der Waals surface area (Å²) in [5.74, 6) is 3.06. The Balaban J connectivity index is 2.05. The van der Waals surface area contributed by atoms with Crippen molar-refractivity contribution in [2.75, 3.05) is 34.3 Å². The van der Waals surface area contributed by atoms with E-state index in [4.69, 9.17) is 9.15 Å². The van der Waals surface area contributed by atoms with Crippen molar-refractivity contribution in [3.8, 4) is 5.75 Å². The molecule has 0 aliphatic heterocycles. The average molecular weight is 374 g/mol. The molecule has 0 aliphatic rings. The van der Waals surface area contributed by atoms with E-state index in [1.54, 1.807) is 7.11 Å². The van der Waals surface area contributed by atoms with Crippen molar-refractivity contribution < 1.29 is 9.15 Å². The van der Waals surface area contributed by atoms with E-state index in [-0.39, 0.29) is 6.04 Å². The van der Waals surface area contributed by atoms with Gasteiger partial charge in [-0.1, -0.05) is 12.1 Å². The topological polar surface area (TPSA) is 74.9 Å². The van der Waals surface area contributed by atoms with Crippen LogP contribution in [-0.2, 0) is 6.54 Å².